The van der Waals surface area contributed by atoms with Gasteiger partial charge < -0.3 is 4.74 Å². The lowest BCUT2D eigenvalue weighted by Crippen LogP contribution is -2.39. The average molecular weight is 340 g/mol. The predicted octanol–water partition coefficient (Wildman–Crippen LogP) is 3.38. The fourth-order valence-corrected chi connectivity index (χ4v) is 2.96. The molecular formula is C17H24O5S. The number of ether oxygens (including phenoxy) is 1. The summed E-state index contributed by atoms with van der Waals surface area (Å²) in [7, 11) is -4.04. The summed E-state index contributed by atoms with van der Waals surface area (Å²) >= 11 is 0. The van der Waals surface area contributed by atoms with Crippen molar-refractivity contribution in [3.8, 4) is 0 Å². The predicted molar refractivity (Wildman–Crippen MR) is 88.5 cm³/mol. The molecule has 0 N–H and O–H groups in total. The van der Waals surface area contributed by atoms with E-state index in [4.69, 9.17) is 8.92 Å². The van der Waals surface area contributed by atoms with Gasteiger partial charge >= 0.3 is 5.97 Å². The van der Waals surface area contributed by atoms with Crippen LogP contribution in [0.2, 0.25) is 0 Å². The standard InChI is InChI=1S/C17H24O5S/c1-13(2)7-6-12-21-16(18)17(4,5)22-23(19,20)15-10-8-14(3)9-11-15/h8-11H,1,6-7,12H2,2-5H3. The molecule has 0 saturated heterocycles. The van der Waals surface area contributed by atoms with E-state index in [0.29, 0.717) is 6.42 Å². The normalized spacial score (nSPS) is 12.0. The molecule has 0 heterocycles. The second kappa shape index (κ2) is 7.75. The molecule has 6 heteroatoms. The van der Waals surface area contributed by atoms with E-state index >= 15 is 0 Å². The molecule has 0 fully saturated rings. The first-order chi connectivity index (χ1) is 10.5. The molecule has 1 aromatic rings. The van der Waals surface area contributed by atoms with Crippen LogP contribution in [0.15, 0.2) is 41.3 Å². The Morgan fingerprint density at radius 1 is 1.22 bits per heavy atom. The molecule has 1 aromatic carbocycles. The number of rotatable bonds is 8. The van der Waals surface area contributed by atoms with E-state index in [-0.39, 0.29) is 11.5 Å². The summed E-state index contributed by atoms with van der Waals surface area (Å²) in [4.78, 5) is 12.0. The molecule has 0 saturated carbocycles. The molecule has 0 unspecified atom stereocenters. The summed E-state index contributed by atoms with van der Waals surface area (Å²) < 4.78 is 34.6. The third kappa shape index (κ3) is 6.15. The average Bonchev–Trinajstić information content (AvgIpc) is 2.42. The zero-order valence-corrected chi connectivity index (χ0v) is 14.9. The van der Waals surface area contributed by atoms with Crippen molar-refractivity contribution in [3.63, 3.8) is 0 Å². The highest BCUT2D eigenvalue weighted by Crippen LogP contribution is 2.22. The van der Waals surface area contributed by atoms with Gasteiger partial charge in [-0.2, -0.15) is 8.42 Å². The lowest BCUT2D eigenvalue weighted by molar-refractivity contribution is -0.159. The van der Waals surface area contributed by atoms with Crippen molar-refractivity contribution in [2.45, 2.75) is 51.0 Å². The topological polar surface area (TPSA) is 69.7 Å². The SMILES string of the molecule is C=C(C)CCCOC(=O)C(C)(C)OS(=O)(=O)c1ccc(C)cc1. The van der Waals surface area contributed by atoms with Crippen molar-refractivity contribution in [2.75, 3.05) is 6.61 Å². The van der Waals surface area contributed by atoms with Gasteiger partial charge in [0.1, 0.15) is 0 Å². The summed E-state index contributed by atoms with van der Waals surface area (Å²) in [5, 5.41) is 0. The number of hydrogen-bond donors (Lipinski definition) is 0. The van der Waals surface area contributed by atoms with Gasteiger partial charge in [0.05, 0.1) is 11.5 Å². The van der Waals surface area contributed by atoms with Gasteiger partial charge in [-0.1, -0.05) is 23.3 Å². The summed E-state index contributed by atoms with van der Waals surface area (Å²) in [5.41, 5.74) is 0.339. The maximum atomic E-state index is 12.2. The van der Waals surface area contributed by atoms with Gasteiger partial charge in [-0.15, -0.1) is 6.58 Å². The Bertz CT molecular complexity index is 657. The first-order valence-electron chi connectivity index (χ1n) is 7.38. The lowest BCUT2D eigenvalue weighted by Gasteiger charge is -2.22. The highest BCUT2D eigenvalue weighted by Gasteiger charge is 2.36. The Labute approximate surface area is 138 Å². The highest BCUT2D eigenvalue weighted by atomic mass is 32.2. The summed E-state index contributed by atoms with van der Waals surface area (Å²) in [6.45, 7) is 10.5. The molecule has 0 radical (unpaired) electrons. The Morgan fingerprint density at radius 3 is 2.30 bits per heavy atom. The van der Waals surface area contributed by atoms with Crippen LogP contribution in [0.3, 0.4) is 0 Å². The molecule has 0 bridgehead atoms. The molecule has 1 rings (SSSR count). The third-order valence-electron chi connectivity index (χ3n) is 3.10. The van der Waals surface area contributed by atoms with E-state index in [2.05, 4.69) is 6.58 Å². The van der Waals surface area contributed by atoms with E-state index < -0.39 is 21.7 Å². The first kappa shape index (κ1) is 19.4. The number of hydrogen-bond acceptors (Lipinski definition) is 5. The molecule has 5 nitrogen and oxygen atoms in total. The first-order valence-corrected chi connectivity index (χ1v) is 8.79. The van der Waals surface area contributed by atoms with Gasteiger partial charge in [0, 0.05) is 0 Å². The summed E-state index contributed by atoms with van der Waals surface area (Å²) in [6.07, 6.45) is 1.39. The van der Waals surface area contributed by atoms with Crippen molar-refractivity contribution in [1.82, 2.24) is 0 Å². The van der Waals surface area contributed by atoms with Crippen LogP contribution < -0.4 is 0 Å². The van der Waals surface area contributed by atoms with Crippen molar-refractivity contribution in [3.05, 3.63) is 42.0 Å². The van der Waals surface area contributed by atoms with Crippen LogP contribution in [-0.4, -0.2) is 26.6 Å². The Kier molecular flexibility index (Phi) is 6.53. The lowest BCUT2D eigenvalue weighted by atomic mass is 10.1. The van der Waals surface area contributed by atoms with Crippen LogP contribution >= 0.6 is 0 Å². The van der Waals surface area contributed by atoms with Gasteiger partial charge in [0.2, 0.25) is 0 Å². The molecular weight excluding hydrogens is 316 g/mol. The minimum atomic E-state index is -4.04. The monoisotopic (exact) mass is 340 g/mol. The summed E-state index contributed by atoms with van der Waals surface area (Å²) in [5.74, 6) is -0.713. The number of carbonyl (C=O) groups excluding carboxylic acids is 1. The van der Waals surface area contributed by atoms with Crippen molar-refractivity contribution in [1.29, 1.82) is 0 Å². The van der Waals surface area contributed by atoms with Crippen LogP contribution in [0.25, 0.3) is 0 Å². The molecule has 0 aromatic heterocycles. The number of carbonyl (C=O) groups is 1. The van der Waals surface area contributed by atoms with Crippen LogP contribution in [0.5, 0.6) is 0 Å². The second-order valence-electron chi connectivity index (χ2n) is 6.06. The Morgan fingerprint density at radius 2 is 1.78 bits per heavy atom. The van der Waals surface area contributed by atoms with Crippen molar-refractivity contribution >= 4 is 16.1 Å². The number of aryl methyl sites for hydroxylation is 1. The Hall–Kier alpha value is -1.66. The molecule has 0 aliphatic rings. The minimum Gasteiger partial charge on any atom is -0.464 e. The summed E-state index contributed by atoms with van der Waals surface area (Å²) in [6, 6.07) is 6.22. The fourth-order valence-electron chi connectivity index (χ4n) is 1.77. The molecule has 0 amide bonds. The number of allylic oxidation sites excluding steroid dienone is 1. The van der Waals surface area contributed by atoms with Crippen molar-refractivity contribution < 1.29 is 22.1 Å². The molecule has 0 aliphatic carbocycles. The number of esters is 1. The van der Waals surface area contributed by atoms with Gasteiger partial charge in [0.25, 0.3) is 10.1 Å². The minimum absolute atomic E-state index is 0.00579. The molecule has 0 atom stereocenters. The van der Waals surface area contributed by atoms with E-state index in [1.165, 1.54) is 26.0 Å². The van der Waals surface area contributed by atoms with Gasteiger partial charge in [-0.25, -0.2) is 8.98 Å². The van der Waals surface area contributed by atoms with E-state index in [0.717, 1.165) is 17.6 Å². The quantitative estimate of drug-likeness (QED) is 0.314. The highest BCUT2D eigenvalue weighted by molar-refractivity contribution is 7.86. The molecule has 0 spiro atoms. The van der Waals surface area contributed by atoms with Gasteiger partial charge in [-0.05, 0) is 52.7 Å². The maximum absolute atomic E-state index is 12.2. The second-order valence-corrected chi connectivity index (χ2v) is 7.60. The largest absolute Gasteiger partial charge is 0.464 e. The zero-order chi connectivity index (χ0) is 17.7. The van der Waals surface area contributed by atoms with E-state index in [9.17, 15) is 13.2 Å². The van der Waals surface area contributed by atoms with Crippen LogP contribution in [-0.2, 0) is 23.8 Å². The van der Waals surface area contributed by atoms with Crippen LogP contribution in [0.4, 0.5) is 0 Å². The van der Waals surface area contributed by atoms with Crippen LogP contribution in [0.1, 0.15) is 39.2 Å². The Balaban J connectivity index is 2.70. The van der Waals surface area contributed by atoms with Gasteiger partial charge in [-0.3, -0.25) is 0 Å². The van der Waals surface area contributed by atoms with Crippen LogP contribution in [0, 0.1) is 6.92 Å². The molecule has 128 valence electrons. The zero-order valence-electron chi connectivity index (χ0n) is 14.1. The van der Waals surface area contributed by atoms with Gasteiger partial charge in [0.15, 0.2) is 5.60 Å². The van der Waals surface area contributed by atoms with Crippen molar-refractivity contribution in [2.24, 2.45) is 0 Å². The van der Waals surface area contributed by atoms with E-state index in [1.807, 2.05) is 13.8 Å². The third-order valence-corrected chi connectivity index (χ3v) is 4.59. The van der Waals surface area contributed by atoms with E-state index in [1.54, 1.807) is 12.1 Å². The molecule has 0 aliphatic heterocycles. The maximum Gasteiger partial charge on any atom is 0.339 e. The fraction of sp³-hybridized carbons (Fsp3) is 0.471. The molecule has 23 heavy (non-hydrogen) atoms. The number of benzene rings is 1. The smallest absolute Gasteiger partial charge is 0.339 e.